The SMILES string of the molecule is Cn1ccc(C(=O)NCCCCCCO)n1. The maximum absolute atomic E-state index is 11.5. The van der Waals surface area contributed by atoms with E-state index in [0.717, 1.165) is 25.7 Å². The Kier molecular flexibility index (Phi) is 5.56. The first-order valence-electron chi connectivity index (χ1n) is 5.62. The zero-order valence-corrected chi connectivity index (χ0v) is 9.65. The highest BCUT2D eigenvalue weighted by atomic mass is 16.2. The third-order valence-corrected chi connectivity index (χ3v) is 2.32. The molecule has 0 spiro atoms. The summed E-state index contributed by atoms with van der Waals surface area (Å²) < 4.78 is 1.61. The van der Waals surface area contributed by atoms with Gasteiger partial charge in [-0.15, -0.1) is 0 Å². The molecular formula is C11H19N3O2. The Bertz CT molecular complexity index is 323. The van der Waals surface area contributed by atoms with Gasteiger partial charge >= 0.3 is 0 Å². The van der Waals surface area contributed by atoms with Crippen LogP contribution in [-0.4, -0.2) is 33.9 Å². The molecule has 0 saturated carbocycles. The number of carbonyl (C=O) groups is 1. The molecule has 1 heterocycles. The van der Waals surface area contributed by atoms with Crippen molar-refractivity contribution in [2.75, 3.05) is 13.2 Å². The van der Waals surface area contributed by atoms with Crippen molar-refractivity contribution < 1.29 is 9.90 Å². The number of rotatable bonds is 7. The van der Waals surface area contributed by atoms with Crippen LogP contribution < -0.4 is 5.32 Å². The fourth-order valence-electron chi connectivity index (χ4n) is 1.42. The second kappa shape index (κ2) is 7.00. The van der Waals surface area contributed by atoms with Gasteiger partial charge in [0, 0.05) is 26.4 Å². The highest BCUT2D eigenvalue weighted by molar-refractivity contribution is 5.92. The van der Waals surface area contributed by atoms with Crippen LogP contribution in [0.5, 0.6) is 0 Å². The van der Waals surface area contributed by atoms with E-state index in [2.05, 4.69) is 10.4 Å². The van der Waals surface area contributed by atoms with E-state index in [1.807, 2.05) is 0 Å². The molecule has 5 nitrogen and oxygen atoms in total. The van der Waals surface area contributed by atoms with Crippen LogP contribution in [-0.2, 0) is 7.05 Å². The number of hydrogen-bond acceptors (Lipinski definition) is 3. The normalized spacial score (nSPS) is 10.4. The molecule has 2 N–H and O–H groups in total. The summed E-state index contributed by atoms with van der Waals surface area (Å²) >= 11 is 0. The highest BCUT2D eigenvalue weighted by Crippen LogP contribution is 1.98. The summed E-state index contributed by atoms with van der Waals surface area (Å²) in [6, 6.07) is 1.70. The molecule has 0 radical (unpaired) electrons. The van der Waals surface area contributed by atoms with E-state index in [0.29, 0.717) is 12.2 Å². The largest absolute Gasteiger partial charge is 0.396 e. The van der Waals surface area contributed by atoms with Gasteiger partial charge in [0.2, 0.25) is 0 Å². The van der Waals surface area contributed by atoms with Crippen molar-refractivity contribution in [3.05, 3.63) is 18.0 Å². The Morgan fingerprint density at radius 2 is 2.19 bits per heavy atom. The van der Waals surface area contributed by atoms with E-state index in [-0.39, 0.29) is 12.5 Å². The van der Waals surface area contributed by atoms with E-state index in [1.165, 1.54) is 0 Å². The summed E-state index contributed by atoms with van der Waals surface area (Å²) in [5.74, 6) is -0.122. The average molecular weight is 225 g/mol. The summed E-state index contributed by atoms with van der Waals surface area (Å²) in [5, 5.41) is 15.4. The summed E-state index contributed by atoms with van der Waals surface area (Å²) in [5.41, 5.74) is 0.456. The van der Waals surface area contributed by atoms with Crippen LogP contribution in [0.4, 0.5) is 0 Å². The first-order chi connectivity index (χ1) is 7.74. The number of aryl methyl sites for hydroxylation is 1. The number of carbonyl (C=O) groups excluding carboxylic acids is 1. The number of aromatic nitrogens is 2. The van der Waals surface area contributed by atoms with E-state index in [4.69, 9.17) is 5.11 Å². The van der Waals surface area contributed by atoms with Gasteiger partial charge in [0.1, 0.15) is 5.69 Å². The molecule has 5 heteroatoms. The topological polar surface area (TPSA) is 67.2 Å². The van der Waals surface area contributed by atoms with E-state index in [9.17, 15) is 4.79 Å². The first-order valence-corrected chi connectivity index (χ1v) is 5.62. The third kappa shape index (κ3) is 4.44. The van der Waals surface area contributed by atoms with Gasteiger partial charge in [0.15, 0.2) is 0 Å². The molecule has 16 heavy (non-hydrogen) atoms. The van der Waals surface area contributed by atoms with Crippen molar-refractivity contribution in [3.63, 3.8) is 0 Å². The van der Waals surface area contributed by atoms with E-state index >= 15 is 0 Å². The highest BCUT2D eigenvalue weighted by Gasteiger charge is 2.06. The van der Waals surface area contributed by atoms with Gasteiger partial charge < -0.3 is 10.4 Å². The van der Waals surface area contributed by atoms with Gasteiger partial charge in [-0.25, -0.2) is 0 Å². The van der Waals surface area contributed by atoms with Crippen LogP contribution in [0.3, 0.4) is 0 Å². The molecule has 0 fully saturated rings. The van der Waals surface area contributed by atoms with Crippen molar-refractivity contribution >= 4 is 5.91 Å². The monoisotopic (exact) mass is 225 g/mol. The number of unbranched alkanes of at least 4 members (excludes halogenated alkanes) is 3. The molecule has 0 unspecified atom stereocenters. The predicted molar refractivity (Wildman–Crippen MR) is 61.1 cm³/mol. The van der Waals surface area contributed by atoms with Crippen LogP contribution in [0.2, 0.25) is 0 Å². The third-order valence-electron chi connectivity index (χ3n) is 2.32. The minimum absolute atomic E-state index is 0.122. The van der Waals surface area contributed by atoms with Crippen molar-refractivity contribution in [1.82, 2.24) is 15.1 Å². The Morgan fingerprint density at radius 3 is 2.81 bits per heavy atom. The lowest BCUT2D eigenvalue weighted by Crippen LogP contribution is -2.25. The molecular weight excluding hydrogens is 206 g/mol. The molecule has 1 aromatic rings. The molecule has 0 saturated heterocycles. The second-order valence-electron chi connectivity index (χ2n) is 3.77. The lowest BCUT2D eigenvalue weighted by atomic mass is 10.2. The van der Waals surface area contributed by atoms with Crippen molar-refractivity contribution in [1.29, 1.82) is 0 Å². The standard InChI is InChI=1S/C11H19N3O2/c1-14-8-6-10(13-14)11(16)12-7-4-2-3-5-9-15/h6,8,15H,2-5,7,9H2,1H3,(H,12,16). The zero-order chi connectivity index (χ0) is 11.8. The summed E-state index contributed by atoms with van der Waals surface area (Å²) in [6.45, 7) is 0.918. The number of aliphatic hydroxyl groups excluding tert-OH is 1. The van der Waals surface area contributed by atoms with Gasteiger partial charge in [-0.2, -0.15) is 5.10 Å². The number of amides is 1. The molecule has 0 aliphatic carbocycles. The van der Waals surface area contributed by atoms with Crippen LogP contribution in [0, 0.1) is 0 Å². The first kappa shape index (κ1) is 12.7. The predicted octanol–water partition coefficient (Wildman–Crippen LogP) is 0.703. The average Bonchev–Trinajstić information content (AvgIpc) is 2.70. The minimum Gasteiger partial charge on any atom is -0.396 e. The Labute approximate surface area is 95.5 Å². The van der Waals surface area contributed by atoms with Crippen molar-refractivity contribution in [2.45, 2.75) is 25.7 Å². The number of aliphatic hydroxyl groups is 1. The number of hydrogen-bond donors (Lipinski definition) is 2. The summed E-state index contributed by atoms with van der Waals surface area (Å²) in [4.78, 5) is 11.5. The molecule has 1 amide bonds. The van der Waals surface area contributed by atoms with Crippen LogP contribution in [0.25, 0.3) is 0 Å². The summed E-state index contributed by atoms with van der Waals surface area (Å²) in [7, 11) is 1.78. The van der Waals surface area contributed by atoms with Gasteiger partial charge in [-0.05, 0) is 18.9 Å². The van der Waals surface area contributed by atoms with Gasteiger partial charge in [0.05, 0.1) is 0 Å². The maximum Gasteiger partial charge on any atom is 0.271 e. The summed E-state index contributed by atoms with van der Waals surface area (Å²) in [6.07, 6.45) is 5.57. The lowest BCUT2D eigenvalue weighted by molar-refractivity contribution is 0.0947. The molecule has 1 rings (SSSR count). The fourth-order valence-corrected chi connectivity index (χ4v) is 1.42. The van der Waals surface area contributed by atoms with Crippen molar-refractivity contribution in [3.8, 4) is 0 Å². The number of nitrogens with zero attached hydrogens (tertiary/aromatic N) is 2. The maximum atomic E-state index is 11.5. The van der Waals surface area contributed by atoms with E-state index < -0.39 is 0 Å². The Morgan fingerprint density at radius 1 is 1.44 bits per heavy atom. The van der Waals surface area contributed by atoms with Crippen LogP contribution >= 0.6 is 0 Å². The fraction of sp³-hybridized carbons (Fsp3) is 0.636. The lowest BCUT2D eigenvalue weighted by Gasteiger charge is -2.02. The molecule has 0 aromatic carbocycles. The Hall–Kier alpha value is -1.36. The molecule has 0 atom stereocenters. The Balaban J connectivity index is 2.11. The minimum atomic E-state index is -0.122. The number of nitrogens with one attached hydrogen (secondary N) is 1. The van der Waals surface area contributed by atoms with Crippen LogP contribution in [0.1, 0.15) is 36.2 Å². The molecule has 90 valence electrons. The smallest absolute Gasteiger partial charge is 0.271 e. The molecule has 0 bridgehead atoms. The van der Waals surface area contributed by atoms with Crippen LogP contribution in [0.15, 0.2) is 12.3 Å². The van der Waals surface area contributed by atoms with Gasteiger partial charge in [0.25, 0.3) is 5.91 Å². The van der Waals surface area contributed by atoms with Gasteiger partial charge in [-0.1, -0.05) is 12.8 Å². The van der Waals surface area contributed by atoms with Gasteiger partial charge in [-0.3, -0.25) is 9.48 Å². The zero-order valence-electron chi connectivity index (χ0n) is 9.65. The molecule has 0 aliphatic heterocycles. The quantitative estimate of drug-likeness (QED) is 0.671. The molecule has 0 aliphatic rings. The van der Waals surface area contributed by atoms with E-state index in [1.54, 1.807) is 24.0 Å². The molecule has 1 aromatic heterocycles. The van der Waals surface area contributed by atoms with Crippen molar-refractivity contribution in [2.24, 2.45) is 7.05 Å². The second-order valence-corrected chi connectivity index (χ2v) is 3.77.